The van der Waals surface area contributed by atoms with Crippen LogP contribution in [0.15, 0.2) is 42.5 Å². The van der Waals surface area contributed by atoms with Crippen LogP contribution in [-0.4, -0.2) is 16.7 Å². The van der Waals surface area contributed by atoms with Crippen LogP contribution in [0.5, 0.6) is 0 Å². The van der Waals surface area contributed by atoms with E-state index in [-0.39, 0.29) is 0 Å². The minimum Gasteiger partial charge on any atom is -0.444 e. The highest BCUT2D eigenvalue weighted by atomic mass is 35.5. The van der Waals surface area contributed by atoms with Crippen molar-refractivity contribution in [2.45, 2.75) is 32.9 Å². The highest BCUT2D eigenvalue weighted by Gasteiger charge is 2.15. The first-order valence-electron chi connectivity index (χ1n) is 7.68. The van der Waals surface area contributed by atoms with E-state index >= 15 is 0 Å². The molecule has 1 amide bonds. The lowest BCUT2D eigenvalue weighted by molar-refractivity contribution is 0.0523. The van der Waals surface area contributed by atoms with Crippen molar-refractivity contribution in [2.24, 2.45) is 0 Å². The number of nitrogens with zero attached hydrogens (tertiary/aromatic N) is 1. The second kappa shape index (κ2) is 7.97. The molecule has 0 aliphatic rings. The Labute approximate surface area is 147 Å². The van der Waals surface area contributed by atoms with Gasteiger partial charge in [0.1, 0.15) is 10.8 Å². The molecule has 2 aromatic rings. The largest absolute Gasteiger partial charge is 0.444 e. The molecular weight excluding hydrogens is 324 g/mol. The van der Waals surface area contributed by atoms with E-state index in [2.05, 4.69) is 10.3 Å². The summed E-state index contributed by atoms with van der Waals surface area (Å²) in [6.07, 6.45) is 3.45. The summed E-state index contributed by atoms with van der Waals surface area (Å²) < 4.78 is 5.20. The summed E-state index contributed by atoms with van der Waals surface area (Å²) >= 11 is 5.86. The van der Waals surface area contributed by atoms with Gasteiger partial charge in [0.25, 0.3) is 0 Å². The molecule has 0 aliphatic heterocycles. The molecule has 5 heteroatoms. The predicted molar refractivity (Wildman–Crippen MR) is 97.7 cm³/mol. The molecule has 1 aromatic heterocycles. The number of amides is 1. The third-order valence-electron chi connectivity index (χ3n) is 3.00. The average Bonchev–Trinajstić information content (AvgIpc) is 2.50. The maximum Gasteiger partial charge on any atom is 0.407 e. The van der Waals surface area contributed by atoms with Crippen LogP contribution in [0.1, 0.15) is 37.6 Å². The minimum atomic E-state index is -0.493. The highest BCUT2D eigenvalue weighted by molar-refractivity contribution is 6.29. The number of nitrogens with one attached hydrogen (secondary N) is 1. The lowest BCUT2D eigenvalue weighted by Crippen LogP contribution is -2.32. The molecule has 1 heterocycles. The molecule has 0 saturated heterocycles. The van der Waals surface area contributed by atoms with Crippen molar-refractivity contribution < 1.29 is 9.53 Å². The van der Waals surface area contributed by atoms with Gasteiger partial charge in [-0.3, -0.25) is 0 Å². The summed E-state index contributed by atoms with van der Waals surface area (Å²) in [4.78, 5) is 15.8. The number of hydrogen-bond acceptors (Lipinski definition) is 3. The van der Waals surface area contributed by atoms with Crippen LogP contribution in [0.2, 0.25) is 5.15 Å². The van der Waals surface area contributed by atoms with Crippen LogP contribution in [0.25, 0.3) is 12.2 Å². The number of carbonyl (C=O) groups excluding carboxylic acids is 1. The molecule has 0 fully saturated rings. The van der Waals surface area contributed by atoms with Gasteiger partial charge in [0.05, 0.1) is 5.69 Å². The lowest BCUT2D eigenvalue weighted by Gasteiger charge is -2.19. The zero-order valence-corrected chi connectivity index (χ0v) is 14.8. The number of aromatic nitrogens is 1. The van der Waals surface area contributed by atoms with Crippen LogP contribution < -0.4 is 5.32 Å². The van der Waals surface area contributed by atoms with Crippen LogP contribution in [0.3, 0.4) is 0 Å². The van der Waals surface area contributed by atoms with Crippen molar-refractivity contribution in [3.05, 3.63) is 64.4 Å². The summed E-state index contributed by atoms with van der Waals surface area (Å²) in [5, 5.41) is 3.21. The normalized spacial score (nSPS) is 11.5. The zero-order valence-electron chi connectivity index (χ0n) is 14.0. The standard InChI is InChI=1S/C19H21ClN2O2/c1-19(2,3)24-18(23)21-13-15-9-7-14(8-10-15)11-12-16-5-4-6-17(20)22-16/h4-12H,13H2,1-3H3,(H,21,23)/b12-11+. The number of carbonyl (C=O) groups is 1. The Balaban J connectivity index is 1.90. The second-order valence-electron chi connectivity index (χ2n) is 6.32. The molecule has 1 aromatic carbocycles. The maximum absolute atomic E-state index is 11.6. The number of hydrogen-bond donors (Lipinski definition) is 1. The van der Waals surface area contributed by atoms with Gasteiger partial charge >= 0.3 is 6.09 Å². The summed E-state index contributed by atoms with van der Waals surface area (Å²) in [6, 6.07) is 13.4. The van der Waals surface area contributed by atoms with Crippen LogP contribution in [-0.2, 0) is 11.3 Å². The van der Waals surface area contributed by atoms with Gasteiger partial charge in [-0.05, 0) is 50.1 Å². The molecule has 0 radical (unpaired) electrons. The molecular formula is C19H21ClN2O2. The molecule has 0 saturated carbocycles. The molecule has 0 atom stereocenters. The minimum absolute atomic E-state index is 0.418. The summed E-state index contributed by atoms with van der Waals surface area (Å²) in [7, 11) is 0. The summed E-state index contributed by atoms with van der Waals surface area (Å²) in [5.74, 6) is 0. The van der Waals surface area contributed by atoms with Gasteiger partial charge in [0.15, 0.2) is 0 Å². The Morgan fingerprint density at radius 1 is 1.17 bits per heavy atom. The van der Waals surface area contributed by atoms with Crippen molar-refractivity contribution in [2.75, 3.05) is 0 Å². The van der Waals surface area contributed by atoms with Crippen molar-refractivity contribution in [3.63, 3.8) is 0 Å². The topological polar surface area (TPSA) is 51.2 Å². The van der Waals surface area contributed by atoms with Crippen LogP contribution in [0, 0.1) is 0 Å². The molecule has 0 bridgehead atoms. The van der Waals surface area contributed by atoms with E-state index in [0.717, 1.165) is 16.8 Å². The van der Waals surface area contributed by atoms with E-state index < -0.39 is 11.7 Å². The van der Waals surface area contributed by atoms with E-state index in [1.54, 1.807) is 6.07 Å². The monoisotopic (exact) mass is 344 g/mol. The van der Waals surface area contributed by atoms with E-state index in [1.807, 2.05) is 69.3 Å². The summed E-state index contributed by atoms with van der Waals surface area (Å²) in [5.41, 5.74) is 2.35. The van der Waals surface area contributed by atoms with E-state index in [9.17, 15) is 4.79 Å². The third kappa shape index (κ3) is 6.42. The highest BCUT2D eigenvalue weighted by Crippen LogP contribution is 2.11. The summed E-state index contributed by atoms with van der Waals surface area (Å²) in [6.45, 7) is 5.93. The maximum atomic E-state index is 11.6. The van der Waals surface area contributed by atoms with Gasteiger partial charge < -0.3 is 10.1 Å². The molecule has 1 N–H and O–H groups in total. The van der Waals surface area contributed by atoms with Gasteiger partial charge in [-0.2, -0.15) is 0 Å². The third-order valence-corrected chi connectivity index (χ3v) is 3.21. The number of pyridine rings is 1. The average molecular weight is 345 g/mol. The molecule has 0 aliphatic carbocycles. The number of ether oxygens (including phenoxy) is 1. The van der Waals surface area contributed by atoms with Crippen LogP contribution in [0.4, 0.5) is 4.79 Å². The van der Waals surface area contributed by atoms with Gasteiger partial charge in [-0.15, -0.1) is 0 Å². The zero-order chi connectivity index (χ0) is 17.6. The number of alkyl carbamates (subject to hydrolysis) is 1. The van der Waals surface area contributed by atoms with E-state index in [1.165, 1.54) is 0 Å². The van der Waals surface area contributed by atoms with E-state index in [0.29, 0.717) is 11.7 Å². The van der Waals surface area contributed by atoms with Gasteiger partial charge in [0, 0.05) is 6.54 Å². The predicted octanol–water partition coefficient (Wildman–Crippen LogP) is 4.93. The smallest absolute Gasteiger partial charge is 0.407 e. The molecule has 4 nitrogen and oxygen atoms in total. The fourth-order valence-electron chi connectivity index (χ4n) is 1.93. The number of rotatable bonds is 4. The molecule has 0 unspecified atom stereocenters. The fourth-order valence-corrected chi connectivity index (χ4v) is 2.10. The Morgan fingerprint density at radius 2 is 1.88 bits per heavy atom. The first kappa shape index (κ1) is 18.0. The van der Waals surface area contributed by atoms with Gasteiger partial charge in [-0.1, -0.05) is 48.0 Å². The van der Waals surface area contributed by atoms with Gasteiger partial charge in [0.2, 0.25) is 0 Å². The Morgan fingerprint density at radius 3 is 2.50 bits per heavy atom. The Kier molecular flexibility index (Phi) is 5.99. The first-order valence-corrected chi connectivity index (χ1v) is 8.06. The van der Waals surface area contributed by atoms with Crippen molar-refractivity contribution in [1.29, 1.82) is 0 Å². The Hall–Kier alpha value is -2.33. The second-order valence-corrected chi connectivity index (χ2v) is 6.70. The molecule has 24 heavy (non-hydrogen) atoms. The molecule has 126 valence electrons. The first-order chi connectivity index (χ1) is 11.3. The SMILES string of the molecule is CC(C)(C)OC(=O)NCc1ccc(/C=C/c2cccc(Cl)n2)cc1. The number of benzene rings is 1. The van der Waals surface area contributed by atoms with Crippen molar-refractivity contribution in [1.82, 2.24) is 10.3 Å². The number of halogens is 1. The van der Waals surface area contributed by atoms with Gasteiger partial charge in [-0.25, -0.2) is 9.78 Å². The van der Waals surface area contributed by atoms with Crippen molar-refractivity contribution in [3.8, 4) is 0 Å². The molecule has 0 spiro atoms. The van der Waals surface area contributed by atoms with Crippen molar-refractivity contribution >= 4 is 29.8 Å². The van der Waals surface area contributed by atoms with E-state index in [4.69, 9.17) is 16.3 Å². The van der Waals surface area contributed by atoms with Crippen LogP contribution >= 0.6 is 11.6 Å². The lowest BCUT2D eigenvalue weighted by atomic mass is 10.1. The fraction of sp³-hybridized carbons (Fsp3) is 0.263. The Bertz CT molecular complexity index is 719. The molecule has 2 rings (SSSR count). The quantitative estimate of drug-likeness (QED) is 0.800.